The molecule has 0 aliphatic heterocycles. The Morgan fingerprint density at radius 3 is 1.61 bits per heavy atom. The fraction of sp³-hybridized carbons (Fsp3) is 0.538. The van der Waals surface area contributed by atoms with Crippen molar-refractivity contribution in [1.82, 2.24) is 0 Å². The number of hydrogen-bond acceptors (Lipinski definition) is 4. The molecule has 0 saturated carbocycles. The lowest BCUT2D eigenvalue weighted by molar-refractivity contribution is 0.163. The van der Waals surface area contributed by atoms with Crippen molar-refractivity contribution in [1.29, 1.82) is 0 Å². The van der Waals surface area contributed by atoms with Crippen molar-refractivity contribution in [3.05, 3.63) is 30.3 Å². The first-order valence-electron chi connectivity index (χ1n) is 6.11. The Labute approximate surface area is 112 Å². The highest BCUT2D eigenvalue weighted by molar-refractivity contribution is 6.36. The molecule has 0 bridgehead atoms. The van der Waals surface area contributed by atoms with Crippen molar-refractivity contribution in [3.8, 4) is 0 Å². The van der Waals surface area contributed by atoms with E-state index in [9.17, 15) is 0 Å². The summed E-state index contributed by atoms with van der Waals surface area (Å²) in [5.41, 5.74) is 1.32. The second-order valence-corrected chi connectivity index (χ2v) is 5.50. The molecule has 0 aliphatic rings. The molecule has 0 atom stereocenters. The highest BCUT2D eigenvalue weighted by Crippen LogP contribution is 2.11. The van der Waals surface area contributed by atoms with E-state index in [2.05, 4.69) is 43.0 Å². The first kappa shape index (κ1) is 17.1. The molecule has 0 saturated heterocycles. The van der Waals surface area contributed by atoms with Crippen LogP contribution < -0.4 is 4.90 Å². The maximum Gasteiger partial charge on any atom is 0.483 e. The third kappa shape index (κ3) is 6.76. The third-order valence-electron chi connectivity index (χ3n) is 2.46. The topological polar surface area (TPSA) is 30.9 Å². The predicted octanol–water partition coefficient (Wildman–Crippen LogP) is 2.18. The minimum atomic E-state index is -1.67. The van der Waals surface area contributed by atoms with E-state index in [1.165, 1.54) is 5.69 Å². The summed E-state index contributed by atoms with van der Waals surface area (Å²) in [5, 5.41) is 0. The smallest absolute Gasteiger partial charge is 0.379 e. The molecule has 1 rings (SSSR count). The minimum Gasteiger partial charge on any atom is -0.379 e. The lowest BCUT2D eigenvalue weighted by Crippen LogP contribution is -2.21. The molecule has 0 radical (unpaired) electrons. The van der Waals surface area contributed by atoms with Gasteiger partial charge in [-0.1, -0.05) is 18.2 Å². The lowest BCUT2D eigenvalue weighted by atomic mass is 10.3. The largest absolute Gasteiger partial charge is 0.483 e. The molecule has 0 aromatic heterocycles. The van der Waals surface area contributed by atoms with E-state index >= 15 is 0 Å². The van der Waals surface area contributed by atoms with Crippen LogP contribution in [-0.2, 0) is 13.3 Å². The standard InChI is InChI=1S/C10H15N.C3H10O3Si/c1-3-11(4-2)10-8-6-5-7-9-10;1-4-7(5-2)6-3/h5-9H,3-4H2,1-2H3;7H,1-3H3. The van der Waals surface area contributed by atoms with E-state index in [0.717, 1.165) is 13.1 Å². The molecule has 0 fully saturated rings. The van der Waals surface area contributed by atoms with Crippen molar-refractivity contribution < 1.29 is 13.3 Å². The average Bonchev–Trinajstić information content (AvgIpc) is 2.44. The summed E-state index contributed by atoms with van der Waals surface area (Å²) < 4.78 is 14.2. The normalized spacial score (nSPS) is 9.89. The van der Waals surface area contributed by atoms with Gasteiger partial charge in [-0.2, -0.15) is 0 Å². The van der Waals surface area contributed by atoms with Crippen LogP contribution in [0.15, 0.2) is 30.3 Å². The van der Waals surface area contributed by atoms with Gasteiger partial charge in [-0.3, -0.25) is 0 Å². The van der Waals surface area contributed by atoms with Gasteiger partial charge >= 0.3 is 9.53 Å². The van der Waals surface area contributed by atoms with Gasteiger partial charge in [0.2, 0.25) is 0 Å². The summed E-state index contributed by atoms with van der Waals surface area (Å²) in [7, 11) is 3.05. The van der Waals surface area contributed by atoms with E-state index in [0.29, 0.717) is 0 Å². The van der Waals surface area contributed by atoms with Gasteiger partial charge in [-0.05, 0) is 26.0 Å². The van der Waals surface area contributed by atoms with Gasteiger partial charge in [-0.25, -0.2) is 0 Å². The first-order valence-corrected chi connectivity index (χ1v) is 7.53. The van der Waals surface area contributed by atoms with Crippen LogP contribution in [-0.4, -0.2) is 43.9 Å². The molecule has 1 aromatic rings. The second-order valence-electron chi connectivity index (χ2n) is 3.50. The zero-order valence-electron chi connectivity index (χ0n) is 12.1. The molecular weight excluding hydrogens is 246 g/mol. The Bertz CT molecular complexity index is 271. The van der Waals surface area contributed by atoms with Crippen LogP contribution in [0.25, 0.3) is 0 Å². The number of nitrogens with zero attached hydrogens (tertiary/aromatic N) is 1. The zero-order valence-corrected chi connectivity index (χ0v) is 13.2. The Morgan fingerprint density at radius 1 is 0.889 bits per heavy atom. The maximum atomic E-state index is 4.74. The highest BCUT2D eigenvalue weighted by Gasteiger charge is 2.04. The summed E-state index contributed by atoms with van der Waals surface area (Å²) in [4.78, 5) is 2.33. The van der Waals surface area contributed by atoms with E-state index < -0.39 is 9.53 Å². The monoisotopic (exact) mass is 271 g/mol. The van der Waals surface area contributed by atoms with Gasteiger partial charge in [0.25, 0.3) is 0 Å². The van der Waals surface area contributed by atoms with Gasteiger partial charge < -0.3 is 18.2 Å². The molecule has 0 unspecified atom stereocenters. The van der Waals surface area contributed by atoms with E-state index in [1.54, 1.807) is 21.3 Å². The van der Waals surface area contributed by atoms with Crippen molar-refractivity contribution in [2.75, 3.05) is 39.3 Å². The van der Waals surface area contributed by atoms with Gasteiger partial charge in [0.05, 0.1) is 0 Å². The zero-order chi connectivity index (χ0) is 13.8. The fourth-order valence-corrected chi connectivity index (χ4v) is 2.09. The molecular formula is C13H25NO3Si. The van der Waals surface area contributed by atoms with Crippen molar-refractivity contribution in [3.63, 3.8) is 0 Å². The molecule has 18 heavy (non-hydrogen) atoms. The van der Waals surface area contributed by atoms with E-state index in [4.69, 9.17) is 13.3 Å². The molecule has 0 amide bonds. The van der Waals surface area contributed by atoms with Crippen LogP contribution in [0.4, 0.5) is 5.69 Å². The number of anilines is 1. The van der Waals surface area contributed by atoms with Gasteiger partial charge in [-0.15, -0.1) is 0 Å². The average molecular weight is 271 g/mol. The number of rotatable bonds is 6. The second kappa shape index (κ2) is 11.2. The van der Waals surface area contributed by atoms with Crippen LogP contribution in [0.5, 0.6) is 0 Å². The van der Waals surface area contributed by atoms with Crippen molar-refractivity contribution >= 4 is 15.2 Å². The summed E-state index contributed by atoms with van der Waals surface area (Å²) in [5.74, 6) is 0. The molecule has 4 nitrogen and oxygen atoms in total. The van der Waals surface area contributed by atoms with Crippen LogP contribution in [0.1, 0.15) is 13.8 Å². The van der Waals surface area contributed by atoms with Gasteiger partial charge in [0, 0.05) is 40.1 Å². The minimum absolute atomic E-state index is 1.08. The lowest BCUT2D eigenvalue weighted by Gasteiger charge is -2.20. The molecule has 104 valence electrons. The van der Waals surface area contributed by atoms with Gasteiger partial charge in [0.1, 0.15) is 0 Å². The molecule has 0 heterocycles. The number of hydrogen-bond donors (Lipinski definition) is 0. The molecule has 1 aromatic carbocycles. The maximum absolute atomic E-state index is 4.74. The molecule has 0 N–H and O–H groups in total. The van der Waals surface area contributed by atoms with Crippen LogP contribution in [0, 0.1) is 0 Å². The first-order chi connectivity index (χ1) is 8.73. The third-order valence-corrected chi connectivity index (χ3v) is 3.62. The SMILES string of the molecule is CCN(CC)c1ccccc1.CO[SiH](OC)OC. The van der Waals surface area contributed by atoms with Crippen molar-refractivity contribution in [2.45, 2.75) is 13.8 Å². The van der Waals surface area contributed by atoms with Crippen LogP contribution >= 0.6 is 0 Å². The van der Waals surface area contributed by atoms with E-state index in [-0.39, 0.29) is 0 Å². The fourth-order valence-electron chi connectivity index (χ4n) is 1.52. The predicted molar refractivity (Wildman–Crippen MR) is 78.2 cm³/mol. The number of benzene rings is 1. The summed E-state index contributed by atoms with van der Waals surface area (Å²) in [6.45, 7) is 6.52. The molecule has 0 spiro atoms. The number of para-hydroxylation sites is 1. The molecule has 5 heteroatoms. The van der Waals surface area contributed by atoms with E-state index in [1.807, 2.05) is 6.07 Å². The Morgan fingerprint density at radius 2 is 1.33 bits per heavy atom. The summed E-state index contributed by atoms with van der Waals surface area (Å²) in [6, 6.07) is 10.5. The van der Waals surface area contributed by atoms with Crippen molar-refractivity contribution in [2.24, 2.45) is 0 Å². The summed E-state index contributed by atoms with van der Waals surface area (Å²) in [6.07, 6.45) is 0. The summed E-state index contributed by atoms with van der Waals surface area (Å²) >= 11 is 0. The molecule has 0 aliphatic carbocycles. The Balaban J connectivity index is 0.000000360. The quantitative estimate of drug-likeness (QED) is 0.742. The Hall–Kier alpha value is -0.883. The van der Waals surface area contributed by atoms with Gasteiger partial charge in [0.15, 0.2) is 0 Å². The van der Waals surface area contributed by atoms with Crippen LogP contribution in [0.2, 0.25) is 0 Å². The van der Waals surface area contributed by atoms with Crippen LogP contribution in [0.3, 0.4) is 0 Å². The Kier molecular flexibility index (Phi) is 10.7. The highest BCUT2D eigenvalue weighted by atomic mass is 28.3.